The molecular formula is C20H19NO4. The van der Waals surface area contributed by atoms with E-state index in [4.69, 9.17) is 4.74 Å². The number of ether oxygens (including phenoxy) is 1. The topological polar surface area (TPSA) is 63.7 Å². The second-order valence-electron chi connectivity index (χ2n) is 6.17. The summed E-state index contributed by atoms with van der Waals surface area (Å²) in [4.78, 5) is 38.1. The van der Waals surface area contributed by atoms with Crippen LogP contribution in [0.4, 0.5) is 5.69 Å². The molecule has 1 aliphatic heterocycles. The molecule has 0 aliphatic carbocycles. The summed E-state index contributed by atoms with van der Waals surface area (Å²) in [6.07, 6.45) is 0.107. The van der Waals surface area contributed by atoms with Crippen molar-refractivity contribution < 1.29 is 19.1 Å². The van der Waals surface area contributed by atoms with Gasteiger partial charge in [0.05, 0.1) is 11.5 Å². The molecule has 0 aromatic heterocycles. The molecule has 0 unspecified atom stereocenters. The lowest BCUT2D eigenvalue weighted by molar-refractivity contribution is -0.139. The third kappa shape index (κ3) is 3.45. The minimum atomic E-state index is -0.549. The zero-order chi connectivity index (χ0) is 18.0. The second-order valence-corrected chi connectivity index (χ2v) is 6.17. The van der Waals surface area contributed by atoms with Gasteiger partial charge in [-0.25, -0.2) is 0 Å². The maximum absolute atomic E-state index is 12.5. The number of rotatable bonds is 4. The van der Waals surface area contributed by atoms with Crippen molar-refractivity contribution in [1.82, 2.24) is 0 Å². The number of carbonyl (C=O) groups is 3. The molecule has 5 nitrogen and oxygen atoms in total. The van der Waals surface area contributed by atoms with E-state index in [9.17, 15) is 14.4 Å². The van der Waals surface area contributed by atoms with Gasteiger partial charge in [0.15, 0.2) is 5.78 Å². The van der Waals surface area contributed by atoms with Gasteiger partial charge >= 0.3 is 5.97 Å². The van der Waals surface area contributed by atoms with Gasteiger partial charge in [-0.15, -0.1) is 0 Å². The summed E-state index contributed by atoms with van der Waals surface area (Å²) in [7, 11) is 0. The minimum absolute atomic E-state index is 0.101. The van der Waals surface area contributed by atoms with Gasteiger partial charge in [-0.1, -0.05) is 30.3 Å². The molecule has 2 aromatic rings. The van der Waals surface area contributed by atoms with E-state index in [1.165, 1.54) is 6.92 Å². The largest absolute Gasteiger partial charge is 0.425 e. The van der Waals surface area contributed by atoms with Crippen molar-refractivity contribution in [2.24, 2.45) is 5.92 Å². The summed E-state index contributed by atoms with van der Waals surface area (Å²) in [6, 6.07) is 14.2. The Balaban J connectivity index is 1.76. The van der Waals surface area contributed by atoms with Crippen LogP contribution in [0.2, 0.25) is 0 Å². The Morgan fingerprint density at radius 3 is 2.48 bits per heavy atom. The Labute approximate surface area is 146 Å². The van der Waals surface area contributed by atoms with E-state index in [2.05, 4.69) is 0 Å². The van der Waals surface area contributed by atoms with Gasteiger partial charge in [-0.3, -0.25) is 14.4 Å². The maximum Gasteiger partial charge on any atom is 0.316 e. The van der Waals surface area contributed by atoms with Crippen molar-refractivity contribution in [3.63, 3.8) is 0 Å². The molecule has 0 spiro atoms. The average Bonchev–Trinajstić information content (AvgIpc) is 2.97. The summed E-state index contributed by atoms with van der Waals surface area (Å²) in [5.41, 5.74) is 2.15. The van der Waals surface area contributed by atoms with E-state index < -0.39 is 11.9 Å². The van der Waals surface area contributed by atoms with E-state index in [0.29, 0.717) is 5.56 Å². The number of hydrogen-bond donors (Lipinski definition) is 0. The van der Waals surface area contributed by atoms with Gasteiger partial charge in [0.1, 0.15) is 5.75 Å². The highest BCUT2D eigenvalue weighted by Crippen LogP contribution is 2.29. The number of ketones is 1. The first kappa shape index (κ1) is 16.9. The maximum atomic E-state index is 12.5. The summed E-state index contributed by atoms with van der Waals surface area (Å²) < 4.78 is 5.41. The molecule has 0 N–H and O–H groups in total. The molecule has 25 heavy (non-hydrogen) atoms. The zero-order valence-electron chi connectivity index (χ0n) is 14.2. The van der Waals surface area contributed by atoms with Crippen molar-refractivity contribution in [3.05, 3.63) is 59.7 Å². The quantitative estimate of drug-likeness (QED) is 0.488. The van der Waals surface area contributed by atoms with E-state index >= 15 is 0 Å². The highest BCUT2D eigenvalue weighted by atomic mass is 16.5. The number of benzene rings is 2. The first-order valence-corrected chi connectivity index (χ1v) is 8.15. The second kappa shape index (κ2) is 6.89. The lowest BCUT2D eigenvalue weighted by Crippen LogP contribution is -2.28. The van der Waals surface area contributed by atoms with Crippen LogP contribution in [0.25, 0.3) is 0 Å². The average molecular weight is 337 g/mol. The standard InChI is InChI=1S/C20H19NO4/c1-13-7-3-5-9-17(13)21-12-15(11-19(21)23)20(24)25-18-10-6-4-8-16(18)14(2)22/h3-10,15H,11-12H2,1-2H3/t15-/m0/s1. The number of Topliss-reactive ketones (excluding diaryl/α,β-unsaturated/α-hetero) is 1. The predicted molar refractivity (Wildman–Crippen MR) is 93.7 cm³/mol. The molecule has 0 radical (unpaired) electrons. The summed E-state index contributed by atoms with van der Waals surface area (Å²) in [5.74, 6) is -1.07. The van der Waals surface area contributed by atoms with Gasteiger partial charge in [0.2, 0.25) is 5.91 Å². The number of carbonyl (C=O) groups excluding carboxylic acids is 3. The van der Waals surface area contributed by atoms with Crippen LogP contribution in [-0.4, -0.2) is 24.2 Å². The van der Waals surface area contributed by atoms with Crippen LogP contribution in [0.15, 0.2) is 48.5 Å². The molecule has 1 aliphatic rings. The van der Waals surface area contributed by atoms with Gasteiger partial charge in [-0.2, -0.15) is 0 Å². The molecule has 3 rings (SSSR count). The first-order valence-electron chi connectivity index (χ1n) is 8.15. The normalized spacial score (nSPS) is 16.8. The molecule has 2 aromatic carbocycles. The Kier molecular flexibility index (Phi) is 4.65. The van der Waals surface area contributed by atoms with E-state index in [1.54, 1.807) is 29.2 Å². The Bertz CT molecular complexity index is 843. The molecule has 128 valence electrons. The molecule has 1 heterocycles. The fourth-order valence-electron chi connectivity index (χ4n) is 3.00. The van der Waals surface area contributed by atoms with Gasteiger partial charge in [0, 0.05) is 18.7 Å². The van der Waals surface area contributed by atoms with Crippen molar-refractivity contribution in [2.45, 2.75) is 20.3 Å². The minimum Gasteiger partial charge on any atom is -0.425 e. The highest BCUT2D eigenvalue weighted by Gasteiger charge is 2.37. The first-order chi connectivity index (χ1) is 12.0. The van der Waals surface area contributed by atoms with E-state index in [-0.39, 0.29) is 30.4 Å². The van der Waals surface area contributed by atoms with Crippen LogP contribution in [0.3, 0.4) is 0 Å². The summed E-state index contributed by atoms with van der Waals surface area (Å²) in [6.45, 7) is 3.63. The molecular weight excluding hydrogens is 318 g/mol. The number of amides is 1. The molecule has 1 atom stereocenters. The van der Waals surface area contributed by atoms with Crippen LogP contribution in [0.5, 0.6) is 5.75 Å². The SMILES string of the molecule is CC(=O)c1ccccc1OC(=O)[C@H]1CC(=O)N(c2ccccc2C)C1. The lowest BCUT2D eigenvalue weighted by Gasteiger charge is -2.18. The number of aryl methyl sites for hydroxylation is 1. The molecule has 1 fully saturated rings. The molecule has 1 amide bonds. The number of hydrogen-bond acceptors (Lipinski definition) is 4. The van der Waals surface area contributed by atoms with E-state index in [0.717, 1.165) is 11.3 Å². The Hall–Kier alpha value is -2.95. The molecule has 0 bridgehead atoms. The third-order valence-corrected chi connectivity index (χ3v) is 4.34. The van der Waals surface area contributed by atoms with Crippen molar-refractivity contribution >= 4 is 23.3 Å². The van der Waals surface area contributed by atoms with Gasteiger partial charge in [0.25, 0.3) is 0 Å². The van der Waals surface area contributed by atoms with Crippen molar-refractivity contribution in [2.75, 3.05) is 11.4 Å². The lowest BCUT2D eigenvalue weighted by atomic mass is 10.1. The van der Waals surface area contributed by atoms with Crippen LogP contribution in [0, 0.1) is 12.8 Å². The number of para-hydroxylation sites is 2. The fourth-order valence-corrected chi connectivity index (χ4v) is 3.00. The van der Waals surface area contributed by atoms with Crippen LogP contribution < -0.4 is 9.64 Å². The van der Waals surface area contributed by atoms with Gasteiger partial charge in [-0.05, 0) is 37.6 Å². The van der Waals surface area contributed by atoms with Crippen molar-refractivity contribution in [1.29, 1.82) is 0 Å². The van der Waals surface area contributed by atoms with Crippen LogP contribution >= 0.6 is 0 Å². The van der Waals surface area contributed by atoms with Gasteiger partial charge < -0.3 is 9.64 Å². The fraction of sp³-hybridized carbons (Fsp3) is 0.250. The Morgan fingerprint density at radius 2 is 1.76 bits per heavy atom. The Morgan fingerprint density at radius 1 is 1.08 bits per heavy atom. The third-order valence-electron chi connectivity index (χ3n) is 4.34. The van der Waals surface area contributed by atoms with Crippen LogP contribution in [0.1, 0.15) is 29.3 Å². The van der Waals surface area contributed by atoms with Crippen molar-refractivity contribution in [3.8, 4) is 5.75 Å². The number of nitrogens with zero attached hydrogens (tertiary/aromatic N) is 1. The van der Waals surface area contributed by atoms with Crippen LogP contribution in [-0.2, 0) is 9.59 Å². The highest BCUT2D eigenvalue weighted by molar-refractivity contribution is 6.01. The molecule has 0 saturated carbocycles. The summed E-state index contributed by atoms with van der Waals surface area (Å²) >= 11 is 0. The molecule has 1 saturated heterocycles. The molecule has 5 heteroatoms. The predicted octanol–water partition coefficient (Wildman–Crippen LogP) is 3.16. The monoisotopic (exact) mass is 337 g/mol. The van der Waals surface area contributed by atoms with E-state index in [1.807, 2.05) is 31.2 Å². The number of esters is 1. The zero-order valence-corrected chi connectivity index (χ0v) is 14.2. The number of anilines is 1. The smallest absolute Gasteiger partial charge is 0.316 e. The summed E-state index contributed by atoms with van der Waals surface area (Å²) in [5, 5.41) is 0.